The molecular formula is C24H25FN4O5. The molecule has 2 aromatic rings. The third-order valence-electron chi connectivity index (χ3n) is 6.30. The summed E-state index contributed by atoms with van der Waals surface area (Å²) < 4.78 is 25.3. The zero-order valence-corrected chi connectivity index (χ0v) is 18.8. The van der Waals surface area contributed by atoms with E-state index in [1.54, 1.807) is 11.0 Å². The van der Waals surface area contributed by atoms with Crippen molar-refractivity contribution in [3.05, 3.63) is 57.9 Å². The van der Waals surface area contributed by atoms with E-state index in [0.29, 0.717) is 37.6 Å². The minimum Gasteiger partial charge on any atom is -0.494 e. The molecule has 2 aromatic carbocycles. The molecule has 1 saturated carbocycles. The van der Waals surface area contributed by atoms with Crippen molar-refractivity contribution in [2.24, 2.45) is 5.92 Å². The molecule has 2 fully saturated rings. The molecule has 0 aromatic heterocycles. The predicted octanol–water partition coefficient (Wildman–Crippen LogP) is 5.00. The lowest BCUT2D eigenvalue weighted by Crippen LogP contribution is -2.41. The van der Waals surface area contributed by atoms with Gasteiger partial charge in [-0.2, -0.15) is 5.26 Å². The van der Waals surface area contributed by atoms with E-state index in [4.69, 9.17) is 14.7 Å². The maximum atomic E-state index is 13.9. The molecule has 1 amide bonds. The van der Waals surface area contributed by atoms with Crippen molar-refractivity contribution in [1.82, 2.24) is 0 Å². The molecule has 0 radical (unpaired) electrons. The van der Waals surface area contributed by atoms with Crippen LogP contribution in [0.5, 0.6) is 5.75 Å². The largest absolute Gasteiger partial charge is 0.494 e. The number of anilines is 2. The van der Waals surface area contributed by atoms with E-state index in [1.165, 1.54) is 0 Å². The van der Waals surface area contributed by atoms with Crippen LogP contribution < -0.4 is 15.0 Å². The molecule has 9 nitrogen and oxygen atoms in total. The van der Waals surface area contributed by atoms with Crippen LogP contribution in [0.3, 0.4) is 0 Å². The number of hydrogen-bond acceptors (Lipinski definition) is 7. The van der Waals surface area contributed by atoms with Gasteiger partial charge in [-0.3, -0.25) is 15.0 Å². The standard InChI is InChI=1S/C24H25FN4O5/c1-2-33-19-7-3-6-18(10-19)28-15-24(34-23(28)30)8-4-5-16(12-24)14-27-21-9-17(13-26)20(25)11-22(21)29(31)32/h3,6-7,9-11,16,27H,2,4-5,8,12,14-15H2,1H3. The van der Waals surface area contributed by atoms with E-state index in [9.17, 15) is 19.3 Å². The molecule has 2 unspecified atom stereocenters. The highest BCUT2D eigenvalue weighted by atomic mass is 19.1. The SMILES string of the molecule is CCOc1cccc(N2CC3(CCCC(CNc4cc(C#N)c(F)cc4[N+](=O)[O-])C3)OC2=O)c1. The quantitative estimate of drug-likeness (QED) is 0.449. The summed E-state index contributed by atoms with van der Waals surface area (Å²) in [7, 11) is 0. The number of nitrogens with zero attached hydrogens (tertiary/aromatic N) is 3. The molecule has 10 heteroatoms. The molecule has 2 aliphatic rings. The van der Waals surface area contributed by atoms with Crippen molar-refractivity contribution < 1.29 is 23.6 Å². The van der Waals surface area contributed by atoms with Crippen LogP contribution in [0, 0.1) is 33.2 Å². The molecule has 1 spiro atoms. The molecule has 1 N–H and O–H groups in total. The normalized spacial score (nSPS) is 21.7. The lowest BCUT2D eigenvalue weighted by molar-refractivity contribution is -0.384. The van der Waals surface area contributed by atoms with E-state index < -0.39 is 28.1 Å². The Hall–Kier alpha value is -3.87. The number of nitriles is 1. The molecule has 178 valence electrons. The third-order valence-corrected chi connectivity index (χ3v) is 6.30. The van der Waals surface area contributed by atoms with Gasteiger partial charge in [0.25, 0.3) is 5.69 Å². The van der Waals surface area contributed by atoms with Crippen molar-refractivity contribution in [3.63, 3.8) is 0 Å². The van der Waals surface area contributed by atoms with E-state index in [-0.39, 0.29) is 17.2 Å². The summed E-state index contributed by atoms with van der Waals surface area (Å²) in [5, 5.41) is 23.4. The van der Waals surface area contributed by atoms with Gasteiger partial charge in [0.15, 0.2) is 0 Å². The van der Waals surface area contributed by atoms with Gasteiger partial charge in [-0.25, -0.2) is 9.18 Å². The van der Waals surface area contributed by atoms with E-state index in [0.717, 1.165) is 31.4 Å². The summed E-state index contributed by atoms with van der Waals surface area (Å²) in [4.78, 5) is 25.0. The van der Waals surface area contributed by atoms with E-state index in [2.05, 4.69) is 5.32 Å². The molecular weight excluding hydrogens is 443 g/mol. The number of amides is 1. The lowest BCUT2D eigenvalue weighted by atomic mass is 9.78. The Morgan fingerprint density at radius 1 is 1.41 bits per heavy atom. The van der Waals surface area contributed by atoms with Gasteiger partial charge >= 0.3 is 6.09 Å². The topological polar surface area (TPSA) is 118 Å². The number of ether oxygens (including phenoxy) is 2. The summed E-state index contributed by atoms with van der Waals surface area (Å²) in [6, 6.07) is 10.9. The first-order valence-electron chi connectivity index (χ1n) is 11.2. The predicted molar refractivity (Wildman–Crippen MR) is 122 cm³/mol. The van der Waals surface area contributed by atoms with Crippen molar-refractivity contribution in [2.45, 2.75) is 38.2 Å². The summed E-state index contributed by atoms with van der Waals surface area (Å²) in [5.74, 6) is -0.175. The molecule has 1 aliphatic carbocycles. The number of carbonyl (C=O) groups excluding carboxylic acids is 1. The lowest BCUT2D eigenvalue weighted by Gasteiger charge is -2.36. The second-order valence-electron chi connectivity index (χ2n) is 8.63. The Morgan fingerprint density at radius 2 is 2.24 bits per heavy atom. The monoisotopic (exact) mass is 468 g/mol. The number of nitro groups is 1. The van der Waals surface area contributed by atoms with Gasteiger partial charge in [0.2, 0.25) is 0 Å². The summed E-state index contributed by atoms with van der Waals surface area (Å²) in [6.07, 6.45) is 2.60. The smallest absolute Gasteiger partial charge is 0.415 e. The van der Waals surface area contributed by atoms with Crippen LogP contribution in [-0.4, -0.2) is 36.3 Å². The molecule has 1 heterocycles. The average Bonchev–Trinajstić information content (AvgIpc) is 3.13. The molecule has 34 heavy (non-hydrogen) atoms. The fraction of sp³-hybridized carbons (Fsp3) is 0.417. The minimum absolute atomic E-state index is 0.0754. The first kappa shape index (κ1) is 23.3. The fourth-order valence-electron chi connectivity index (χ4n) is 4.78. The minimum atomic E-state index is -0.928. The number of carbonyl (C=O) groups is 1. The van der Waals surface area contributed by atoms with Crippen LogP contribution in [0.2, 0.25) is 0 Å². The van der Waals surface area contributed by atoms with Crippen LogP contribution in [-0.2, 0) is 4.74 Å². The highest BCUT2D eigenvalue weighted by Crippen LogP contribution is 2.42. The number of nitrogens with one attached hydrogen (secondary N) is 1. The zero-order chi connectivity index (χ0) is 24.3. The van der Waals surface area contributed by atoms with Crippen molar-refractivity contribution in [3.8, 4) is 11.8 Å². The molecule has 1 aliphatic heterocycles. The molecule has 1 saturated heterocycles. The maximum absolute atomic E-state index is 13.9. The number of benzene rings is 2. The Kier molecular flexibility index (Phi) is 6.54. The second kappa shape index (κ2) is 9.55. The van der Waals surface area contributed by atoms with Crippen LogP contribution in [0.15, 0.2) is 36.4 Å². The van der Waals surface area contributed by atoms with Crippen LogP contribution in [0.25, 0.3) is 0 Å². The van der Waals surface area contributed by atoms with Gasteiger partial charge in [-0.15, -0.1) is 0 Å². The summed E-state index contributed by atoms with van der Waals surface area (Å²) >= 11 is 0. The highest BCUT2D eigenvalue weighted by molar-refractivity contribution is 5.90. The fourth-order valence-corrected chi connectivity index (χ4v) is 4.78. The number of rotatable bonds is 7. The van der Waals surface area contributed by atoms with Gasteiger partial charge in [0.05, 0.1) is 35.4 Å². The van der Waals surface area contributed by atoms with Gasteiger partial charge in [0, 0.05) is 12.6 Å². The second-order valence-corrected chi connectivity index (χ2v) is 8.63. The van der Waals surface area contributed by atoms with Crippen molar-refractivity contribution in [1.29, 1.82) is 5.26 Å². The van der Waals surface area contributed by atoms with Gasteiger partial charge < -0.3 is 14.8 Å². The van der Waals surface area contributed by atoms with E-state index in [1.807, 2.05) is 31.2 Å². The van der Waals surface area contributed by atoms with Crippen LogP contribution in [0.1, 0.15) is 38.2 Å². The first-order chi connectivity index (χ1) is 16.3. The maximum Gasteiger partial charge on any atom is 0.415 e. The molecule has 4 rings (SSSR count). The number of nitro benzene ring substituents is 1. The highest BCUT2D eigenvalue weighted by Gasteiger charge is 2.48. The number of hydrogen-bond donors (Lipinski definition) is 1. The third kappa shape index (κ3) is 4.73. The Labute approximate surface area is 196 Å². The molecule has 0 bridgehead atoms. The first-order valence-corrected chi connectivity index (χ1v) is 11.2. The van der Waals surface area contributed by atoms with E-state index >= 15 is 0 Å². The Balaban J connectivity index is 1.46. The van der Waals surface area contributed by atoms with Crippen molar-refractivity contribution >= 4 is 23.2 Å². The summed E-state index contributed by atoms with van der Waals surface area (Å²) in [6.45, 7) is 3.20. The summed E-state index contributed by atoms with van der Waals surface area (Å²) in [5.41, 5.74) is -0.521. The van der Waals surface area contributed by atoms with Gasteiger partial charge in [-0.1, -0.05) is 6.07 Å². The Bertz CT molecular complexity index is 1150. The average molecular weight is 468 g/mol. The zero-order valence-electron chi connectivity index (χ0n) is 18.8. The van der Waals surface area contributed by atoms with Gasteiger partial charge in [0.1, 0.15) is 28.9 Å². The number of halogens is 1. The van der Waals surface area contributed by atoms with Crippen LogP contribution >= 0.6 is 0 Å². The molecule has 2 atom stereocenters. The Morgan fingerprint density at radius 3 is 2.97 bits per heavy atom. The van der Waals surface area contributed by atoms with Crippen molar-refractivity contribution in [2.75, 3.05) is 29.9 Å². The van der Waals surface area contributed by atoms with Crippen LogP contribution in [0.4, 0.5) is 26.2 Å². The van der Waals surface area contributed by atoms with Gasteiger partial charge in [-0.05, 0) is 56.7 Å².